The lowest BCUT2D eigenvalue weighted by Gasteiger charge is -2.02. The van der Waals surface area contributed by atoms with E-state index in [1.54, 1.807) is 19.2 Å². The van der Waals surface area contributed by atoms with E-state index in [4.69, 9.17) is 10.3 Å². The van der Waals surface area contributed by atoms with Gasteiger partial charge in [-0.1, -0.05) is 23.8 Å². The van der Waals surface area contributed by atoms with E-state index in [0.717, 1.165) is 5.56 Å². The topological polar surface area (TPSA) is 58.0 Å². The Morgan fingerprint density at radius 1 is 1.62 bits per heavy atom. The Morgan fingerprint density at radius 3 is 3.00 bits per heavy atom. The molecule has 0 heterocycles. The molecule has 0 radical (unpaired) electrons. The van der Waals surface area contributed by atoms with Crippen molar-refractivity contribution in [1.29, 1.82) is 0 Å². The van der Waals surface area contributed by atoms with Crippen molar-refractivity contribution in [3.05, 3.63) is 46.9 Å². The van der Waals surface area contributed by atoms with Crippen LogP contribution in [0, 0.1) is 0 Å². The summed E-state index contributed by atoms with van der Waals surface area (Å²) in [4.78, 5) is 2.65. The second kappa shape index (κ2) is 4.18. The lowest BCUT2D eigenvalue weighted by atomic mass is 10.2. The second-order valence-electron chi connectivity index (χ2n) is 2.37. The largest absolute Gasteiger partial charge is 0.497 e. The van der Waals surface area contributed by atoms with Crippen LogP contribution >= 0.6 is 0 Å². The number of hydrogen-bond acceptors (Lipinski definition) is 2. The monoisotopic (exact) mass is 175 g/mol. The summed E-state index contributed by atoms with van der Waals surface area (Å²) in [6.45, 7) is 3.61. The van der Waals surface area contributed by atoms with Crippen LogP contribution < -0.4 is 4.74 Å². The lowest BCUT2D eigenvalue weighted by Crippen LogP contribution is -1.84. The quantitative estimate of drug-likeness (QED) is 0.395. The fraction of sp³-hybridized carbons (Fsp3) is 0.111. The minimum absolute atomic E-state index is 0.390. The van der Waals surface area contributed by atoms with Gasteiger partial charge in [0.25, 0.3) is 0 Å². The van der Waals surface area contributed by atoms with Gasteiger partial charge in [0.2, 0.25) is 0 Å². The molecule has 1 aromatic carbocycles. The molecule has 0 saturated heterocycles. The van der Waals surface area contributed by atoms with E-state index < -0.39 is 0 Å². The molecule has 0 unspecified atom stereocenters. The van der Waals surface area contributed by atoms with Gasteiger partial charge in [0, 0.05) is 10.6 Å². The molecule has 0 aliphatic heterocycles. The summed E-state index contributed by atoms with van der Waals surface area (Å²) in [5, 5.41) is 3.40. The van der Waals surface area contributed by atoms with E-state index in [1.165, 1.54) is 0 Å². The molecule has 1 aromatic rings. The van der Waals surface area contributed by atoms with Crippen LogP contribution in [0.25, 0.3) is 16.1 Å². The van der Waals surface area contributed by atoms with Crippen molar-refractivity contribution in [2.45, 2.75) is 0 Å². The van der Waals surface area contributed by atoms with Crippen molar-refractivity contribution in [3.8, 4) is 5.75 Å². The van der Waals surface area contributed by atoms with Crippen molar-refractivity contribution in [3.63, 3.8) is 0 Å². The van der Waals surface area contributed by atoms with Crippen molar-refractivity contribution < 1.29 is 4.74 Å². The first kappa shape index (κ1) is 9.16. The molecule has 0 spiro atoms. The second-order valence-corrected chi connectivity index (χ2v) is 2.37. The van der Waals surface area contributed by atoms with Crippen LogP contribution in [-0.2, 0) is 0 Å². The van der Waals surface area contributed by atoms with Crippen LogP contribution in [0.4, 0.5) is 0 Å². The molecule has 0 atom stereocenters. The summed E-state index contributed by atoms with van der Waals surface area (Å²) in [6.07, 6.45) is 0. The number of hydrogen-bond donors (Lipinski definition) is 0. The summed E-state index contributed by atoms with van der Waals surface area (Å²) < 4.78 is 5.01. The Hall–Kier alpha value is -1.93. The highest BCUT2D eigenvalue weighted by atomic mass is 16.5. The first-order valence-corrected chi connectivity index (χ1v) is 3.66. The van der Waals surface area contributed by atoms with Crippen molar-refractivity contribution >= 4 is 5.70 Å². The molecule has 4 heteroatoms. The highest BCUT2D eigenvalue weighted by Gasteiger charge is 1.97. The lowest BCUT2D eigenvalue weighted by molar-refractivity contribution is 0.414. The zero-order chi connectivity index (χ0) is 9.68. The average Bonchev–Trinajstić information content (AvgIpc) is 2.18. The van der Waals surface area contributed by atoms with Crippen LogP contribution in [0.1, 0.15) is 5.56 Å². The Bertz CT molecular complexity index is 367. The molecule has 1 rings (SSSR count). The molecule has 0 N–H and O–H groups in total. The third kappa shape index (κ3) is 2.25. The summed E-state index contributed by atoms with van der Waals surface area (Å²) in [5.41, 5.74) is 9.34. The third-order valence-electron chi connectivity index (χ3n) is 1.57. The smallest absolute Gasteiger partial charge is 0.119 e. The van der Waals surface area contributed by atoms with Gasteiger partial charge in [-0.2, -0.15) is 0 Å². The number of methoxy groups -OCH3 is 1. The summed E-state index contributed by atoms with van der Waals surface area (Å²) in [6, 6.07) is 7.19. The Labute approximate surface area is 76.1 Å². The van der Waals surface area contributed by atoms with Crippen LogP contribution in [0.2, 0.25) is 0 Å². The maximum Gasteiger partial charge on any atom is 0.119 e. The molecular weight excluding hydrogens is 166 g/mol. The molecule has 0 aliphatic rings. The molecule has 13 heavy (non-hydrogen) atoms. The number of azide groups is 1. The molecule has 0 aromatic heterocycles. The van der Waals surface area contributed by atoms with Gasteiger partial charge >= 0.3 is 0 Å². The van der Waals surface area contributed by atoms with E-state index in [-0.39, 0.29) is 0 Å². The van der Waals surface area contributed by atoms with Crippen molar-refractivity contribution in [2.24, 2.45) is 5.11 Å². The van der Waals surface area contributed by atoms with Crippen LogP contribution in [0.5, 0.6) is 5.75 Å². The molecule has 0 bridgehead atoms. The number of nitrogens with zero attached hydrogens (tertiary/aromatic N) is 3. The summed E-state index contributed by atoms with van der Waals surface area (Å²) in [7, 11) is 1.58. The SMILES string of the molecule is C=C(N=[N+]=[N-])c1cccc(OC)c1. The summed E-state index contributed by atoms with van der Waals surface area (Å²) in [5.74, 6) is 0.715. The van der Waals surface area contributed by atoms with Crippen LogP contribution in [-0.4, -0.2) is 7.11 Å². The molecule has 0 fully saturated rings. The third-order valence-corrected chi connectivity index (χ3v) is 1.57. The van der Waals surface area contributed by atoms with Gasteiger partial charge in [-0.3, -0.25) is 0 Å². The van der Waals surface area contributed by atoms with Gasteiger partial charge in [0.05, 0.1) is 7.11 Å². The standard InChI is InChI=1S/C9H9N3O/c1-7(11-12-10)8-4-3-5-9(6-8)13-2/h3-6H,1H2,2H3. The Kier molecular flexibility index (Phi) is 2.95. The number of benzene rings is 1. The molecular formula is C9H9N3O. The first-order chi connectivity index (χ1) is 6.27. The highest BCUT2D eigenvalue weighted by molar-refractivity contribution is 5.63. The maximum absolute atomic E-state index is 8.19. The van der Waals surface area contributed by atoms with Gasteiger partial charge in [-0.25, -0.2) is 0 Å². The summed E-state index contributed by atoms with van der Waals surface area (Å²) >= 11 is 0. The Morgan fingerprint density at radius 2 is 2.38 bits per heavy atom. The Balaban J connectivity index is 3.01. The molecule has 0 amide bonds. The average molecular weight is 175 g/mol. The van der Waals surface area contributed by atoms with Gasteiger partial charge in [-0.15, -0.1) is 0 Å². The molecule has 4 nitrogen and oxygen atoms in total. The van der Waals surface area contributed by atoms with Crippen molar-refractivity contribution in [1.82, 2.24) is 0 Å². The molecule has 0 saturated carbocycles. The number of ether oxygens (including phenoxy) is 1. The van der Waals surface area contributed by atoms with E-state index in [0.29, 0.717) is 11.4 Å². The molecule has 66 valence electrons. The van der Waals surface area contributed by atoms with Gasteiger partial charge in [0.1, 0.15) is 5.75 Å². The first-order valence-electron chi connectivity index (χ1n) is 3.66. The van der Waals surface area contributed by atoms with Crippen LogP contribution in [0.15, 0.2) is 36.0 Å². The van der Waals surface area contributed by atoms with E-state index >= 15 is 0 Å². The maximum atomic E-state index is 8.19. The highest BCUT2D eigenvalue weighted by Crippen LogP contribution is 2.19. The van der Waals surface area contributed by atoms with E-state index in [1.807, 2.05) is 12.1 Å². The van der Waals surface area contributed by atoms with E-state index in [2.05, 4.69) is 16.6 Å². The van der Waals surface area contributed by atoms with E-state index in [9.17, 15) is 0 Å². The normalized spacial score (nSPS) is 8.69. The van der Waals surface area contributed by atoms with Crippen LogP contribution in [0.3, 0.4) is 0 Å². The van der Waals surface area contributed by atoms with Gasteiger partial charge in [0.15, 0.2) is 0 Å². The van der Waals surface area contributed by atoms with Crippen molar-refractivity contribution in [2.75, 3.05) is 7.11 Å². The minimum Gasteiger partial charge on any atom is -0.497 e. The zero-order valence-electron chi connectivity index (χ0n) is 7.27. The van der Waals surface area contributed by atoms with Gasteiger partial charge in [-0.05, 0) is 23.2 Å². The van der Waals surface area contributed by atoms with Gasteiger partial charge < -0.3 is 4.74 Å². The predicted molar refractivity (Wildman–Crippen MR) is 51.2 cm³/mol. The predicted octanol–water partition coefficient (Wildman–Crippen LogP) is 2.98. The minimum atomic E-state index is 0.390. The number of rotatable bonds is 3. The fourth-order valence-corrected chi connectivity index (χ4v) is 0.914. The molecule has 0 aliphatic carbocycles. The fourth-order valence-electron chi connectivity index (χ4n) is 0.914. The zero-order valence-corrected chi connectivity index (χ0v) is 7.27.